The molecular formula is C20H24N4O3S2. The molecule has 154 valence electrons. The molecule has 0 aliphatic carbocycles. The van der Waals surface area contributed by atoms with E-state index in [1.807, 2.05) is 18.2 Å². The number of benzene rings is 1. The fourth-order valence-electron chi connectivity index (χ4n) is 3.44. The monoisotopic (exact) mass is 432 g/mol. The van der Waals surface area contributed by atoms with Crippen LogP contribution in [0.5, 0.6) is 0 Å². The van der Waals surface area contributed by atoms with Crippen molar-refractivity contribution in [1.82, 2.24) is 14.9 Å². The number of rotatable bonds is 7. The molecule has 1 aliphatic heterocycles. The van der Waals surface area contributed by atoms with Gasteiger partial charge in [0, 0.05) is 44.2 Å². The van der Waals surface area contributed by atoms with Gasteiger partial charge in [-0.05, 0) is 5.56 Å². The number of nitrogens with one attached hydrogen (secondary N) is 1. The molecule has 1 aromatic carbocycles. The Morgan fingerprint density at radius 3 is 2.66 bits per heavy atom. The van der Waals surface area contributed by atoms with E-state index in [0.29, 0.717) is 32.1 Å². The van der Waals surface area contributed by atoms with Gasteiger partial charge in [-0.25, -0.2) is 18.4 Å². The van der Waals surface area contributed by atoms with Crippen molar-refractivity contribution in [3.8, 4) is 11.1 Å². The minimum Gasteiger partial charge on any atom is -0.377 e. The average molecular weight is 433 g/mol. The third-order valence-corrected chi connectivity index (χ3v) is 7.48. The number of anilines is 1. The molecule has 9 heteroatoms. The third-order valence-electron chi connectivity index (χ3n) is 5.00. The largest absolute Gasteiger partial charge is 0.377 e. The van der Waals surface area contributed by atoms with Gasteiger partial charge in [-0.15, -0.1) is 11.3 Å². The molecule has 2 aromatic heterocycles. The Bertz CT molecular complexity index is 1070. The number of ether oxygens (including phenoxy) is 1. The first kappa shape index (κ1) is 20.2. The van der Waals surface area contributed by atoms with Gasteiger partial charge in [-0.1, -0.05) is 30.3 Å². The molecule has 1 aliphatic rings. The van der Waals surface area contributed by atoms with Crippen molar-refractivity contribution in [3.63, 3.8) is 0 Å². The summed E-state index contributed by atoms with van der Waals surface area (Å²) in [5.41, 5.74) is 2.24. The molecule has 4 rings (SSSR count). The highest BCUT2D eigenvalue weighted by Crippen LogP contribution is 2.36. The first-order valence-electron chi connectivity index (χ1n) is 9.55. The molecule has 0 saturated carbocycles. The van der Waals surface area contributed by atoms with Crippen LogP contribution in [0.25, 0.3) is 21.3 Å². The molecule has 0 bridgehead atoms. The highest BCUT2D eigenvalue weighted by molar-refractivity contribution is 7.91. The lowest BCUT2D eigenvalue weighted by Crippen LogP contribution is -2.42. The Morgan fingerprint density at radius 2 is 1.93 bits per heavy atom. The Balaban J connectivity index is 1.57. The average Bonchev–Trinajstić information content (AvgIpc) is 3.14. The van der Waals surface area contributed by atoms with Crippen molar-refractivity contribution in [2.45, 2.75) is 6.61 Å². The van der Waals surface area contributed by atoms with Crippen LogP contribution in [0.3, 0.4) is 0 Å². The van der Waals surface area contributed by atoms with Crippen LogP contribution in [0, 0.1) is 0 Å². The summed E-state index contributed by atoms with van der Waals surface area (Å²) in [6.45, 7) is 2.99. The number of thiophene rings is 1. The summed E-state index contributed by atoms with van der Waals surface area (Å²) < 4.78 is 28.4. The minimum absolute atomic E-state index is 0.241. The van der Waals surface area contributed by atoms with Gasteiger partial charge in [0.2, 0.25) is 0 Å². The van der Waals surface area contributed by atoms with E-state index in [1.165, 1.54) is 0 Å². The molecule has 0 spiro atoms. The standard InChI is InChI=1S/C20H24N4O3S2/c1-27-13-17-22-19(21-7-8-24-9-11-29(25,26)12-10-24)18-16(14-28-20(18)23-17)15-5-3-2-4-6-15/h2-6,14H,7-13H2,1H3,(H,21,22,23). The van der Waals surface area contributed by atoms with Gasteiger partial charge >= 0.3 is 0 Å². The second kappa shape index (κ2) is 8.74. The summed E-state index contributed by atoms with van der Waals surface area (Å²) in [5.74, 6) is 1.93. The lowest BCUT2D eigenvalue weighted by Gasteiger charge is -2.26. The van der Waals surface area contributed by atoms with E-state index >= 15 is 0 Å². The maximum Gasteiger partial charge on any atom is 0.158 e. The lowest BCUT2D eigenvalue weighted by atomic mass is 10.1. The van der Waals surface area contributed by atoms with E-state index in [0.717, 1.165) is 33.7 Å². The van der Waals surface area contributed by atoms with Gasteiger partial charge in [0.25, 0.3) is 0 Å². The fourth-order valence-corrected chi connectivity index (χ4v) is 5.69. The quantitative estimate of drug-likeness (QED) is 0.614. The van der Waals surface area contributed by atoms with Crippen molar-refractivity contribution in [2.24, 2.45) is 0 Å². The van der Waals surface area contributed by atoms with Crippen LogP contribution in [0.1, 0.15) is 5.82 Å². The molecule has 0 atom stereocenters. The van der Waals surface area contributed by atoms with Crippen LogP contribution in [-0.4, -0.2) is 68.1 Å². The van der Waals surface area contributed by atoms with Gasteiger partial charge in [-0.2, -0.15) is 0 Å². The van der Waals surface area contributed by atoms with E-state index in [2.05, 4.69) is 32.7 Å². The lowest BCUT2D eigenvalue weighted by molar-refractivity contribution is 0.178. The summed E-state index contributed by atoms with van der Waals surface area (Å²) in [6.07, 6.45) is 0. The van der Waals surface area contributed by atoms with Crippen LogP contribution >= 0.6 is 11.3 Å². The predicted molar refractivity (Wildman–Crippen MR) is 117 cm³/mol. The molecule has 1 N–H and O–H groups in total. The Labute approximate surface area is 174 Å². The van der Waals surface area contributed by atoms with Crippen LogP contribution < -0.4 is 5.32 Å². The van der Waals surface area contributed by atoms with E-state index in [4.69, 9.17) is 9.72 Å². The summed E-state index contributed by atoms with van der Waals surface area (Å²) in [6, 6.07) is 10.2. The molecule has 1 fully saturated rings. The summed E-state index contributed by atoms with van der Waals surface area (Å²) >= 11 is 1.60. The van der Waals surface area contributed by atoms with E-state index in [9.17, 15) is 8.42 Å². The molecule has 7 nitrogen and oxygen atoms in total. The molecular weight excluding hydrogens is 408 g/mol. The molecule has 29 heavy (non-hydrogen) atoms. The second-order valence-electron chi connectivity index (χ2n) is 7.04. The van der Waals surface area contributed by atoms with Gasteiger partial charge < -0.3 is 10.1 Å². The topological polar surface area (TPSA) is 84.4 Å². The van der Waals surface area contributed by atoms with Crippen molar-refractivity contribution in [3.05, 3.63) is 41.5 Å². The summed E-state index contributed by atoms with van der Waals surface area (Å²) in [5, 5.41) is 6.59. The number of hydrogen-bond acceptors (Lipinski definition) is 8. The third kappa shape index (κ3) is 4.75. The smallest absolute Gasteiger partial charge is 0.158 e. The molecule has 3 heterocycles. The number of fused-ring (bicyclic) bond motifs is 1. The van der Waals surface area contributed by atoms with E-state index in [-0.39, 0.29) is 11.5 Å². The molecule has 0 amide bonds. The van der Waals surface area contributed by atoms with Gasteiger partial charge in [0.15, 0.2) is 15.7 Å². The maximum absolute atomic E-state index is 11.6. The number of sulfone groups is 1. The zero-order chi connectivity index (χ0) is 20.3. The molecule has 0 radical (unpaired) electrons. The van der Waals surface area contributed by atoms with Crippen molar-refractivity contribution < 1.29 is 13.2 Å². The SMILES string of the molecule is COCc1nc(NCCN2CCS(=O)(=O)CC2)c2c(-c3ccccc3)csc2n1. The van der Waals surface area contributed by atoms with Crippen LogP contribution in [0.15, 0.2) is 35.7 Å². The zero-order valence-corrected chi connectivity index (χ0v) is 17.9. The summed E-state index contributed by atoms with van der Waals surface area (Å²) in [4.78, 5) is 12.5. The normalized spacial score (nSPS) is 16.9. The molecule has 3 aromatic rings. The van der Waals surface area contributed by atoms with E-state index < -0.39 is 9.84 Å². The van der Waals surface area contributed by atoms with Crippen LogP contribution in [0.4, 0.5) is 5.82 Å². The Morgan fingerprint density at radius 1 is 1.17 bits per heavy atom. The first-order valence-corrected chi connectivity index (χ1v) is 12.2. The molecule has 1 saturated heterocycles. The maximum atomic E-state index is 11.6. The number of methoxy groups -OCH3 is 1. The van der Waals surface area contributed by atoms with Gasteiger partial charge in [-0.3, -0.25) is 4.90 Å². The second-order valence-corrected chi connectivity index (χ2v) is 10.2. The zero-order valence-electron chi connectivity index (χ0n) is 16.3. The minimum atomic E-state index is -2.86. The van der Waals surface area contributed by atoms with Gasteiger partial charge in [0.1, 0.15) is 17.3 Å². The Kier molecular flexibility index (Phi) is 6.09. The van der Waals surface area contributed by atoms with Crippen LogP contribution in [0.2, 0.25) is 0 Å². The number of aromatic nitrogens is 2. The van der Waals surface area contributed by atoms with Gasteiger partial charge in [0.05, 0.1) is 16.9 Å². The summed E-state index contributed by atoms with van der Waals surface area (Å²) in [7, 11) is -1.22. The van der Waals surface area contributed by atoms with Crippen molar-refractivity contribution in [2.75, 3.05) is 50.1 Å². The fraction of sp³-hybridized carbons (Fsp3) is 0.400. The van der Waals surface area contributed by atoms with Crippen molar-refractivity contribution in [1.29, 1.82) is 0 Å². The first-order chi connectivity index (χ1) is 14.1. The highest BCUT2D eigenvalue weighted by atomic mass is 32.2. The number of nitrogens with zero attached hydrogens (tertiary/aromatic N) is 3. The molecule has 0 unspecified atom stereocenters. The predicted octanol–water partition coefficient (Wildman–Crippen LogP) is 2.65. The van der Waals surface area contributed by atoms with E-state index in [1.54, 1.807) is 18.4 Å². The Hall–Kier alpha value is -2.07. The van der Waals surface area contributed by atoms with Crippen LogP contribution in [-0.2, 0) is 21.2 Å². The number of hydrogen-bond donors (Lipinski definition) is 1. The highest BCUT2D eigenvalue weighted by Gasteiger charge is 2.21. The van der Waals surface area contributed by atoms with Crippen molar-refractivity contribution >= 4 is 37.2 Å².